The molecule has 0 aliphatic heterocycles. The summed E-state index contributed by atoms with van der Waals surface area (Å²) in [5, 5.41) is 19.1. The lowest BCUT2D eigenvalue weighted by atomic mass is 10.3. The molecular weight excluding hydrogens is 422 g/mol. The fraction of sp³-hybridized carbons (Fsp3) is 0.188. The van der Waals surface area contributed by atoms with Crippen LogP contribution in [-0.2, 0) is 21.4 Å². The van der Waals surface area contributed by atoms with Crippen LogP contribution in [0.1, 0.15) is 5.89 Å². The van der Waals surface area contributed by atoms with Crippen molar-refractivity contribution in [2.75, 3.05) is 17.1 Å². The molecule has 1 amide bonds. The van der Waals surface area contributed by atoms with E-state index in [1.807, 2.05) is 17.5 Å². The first-order chi connectivity index (χ1) is 13.7. The Labute approximate surface area is 169 Å². The van der Waals surface area contributed by atoms with E-state index in [0.717, 1.165) is 21.5 Å². The van der Waals surface area contributed by atoms with Crippen LogP contribution in [0.25, 0.3) is 10.7 Å². The van der Waals surface area contributed by atoms with Gasteiger partial charge >= 0.3 is 0 Å². The molecule has 0 unspecified atom stereocenters. The maximum Gasteiger partial charge on any atom is 0.271 e. The summed E-state index contributed by atoms with van der Waals surface area (Å²) in [5.74, 6) is -0.0978. The topological polar surface area (TPSA) is 149 Å². The Balaban J connectivity index is 1.68. The van der Waals surface area contributed by atoms with E-state index in [1.54, 1.807) is 0 Å². The predicted molar refractivity (Wildman–Crippen MR) is 105 cm³/mol. The number of aromatic nitrogens is 2. The molecule has 0 fully saturated rings. The first-order valence-corrected chi connectivity index (χ1v) is 10.8. The summed E-state index contributed by atoms with van der Waals surface area (Å²) in [6, 6.07) is 8.68. The van der Waals surface area contributed by atoms with Gasteiger partial charge in [0.05, 0.1) is 28.3 Å². The molecule has 1 N–H and O–H groups in total. The number of sulfonamides is 1. The highest BCUT2D eigenvalue weighted by Crippen LogP contribution is 2.23. The largest absolute Gasteiger partial charge is 0.345 e. The molecule has 152 valence electrons. The van der Waals surface area contributed by atoms with Crippen molar-refractivity contribution < 1.29 is 22.7 Å². The summed E-state index contributed by atoms with van der Waals surface area (Å²) in [4.78, 5) is 27.5. The minimum atomic E-state index is -3.86. The number of nitro groups is 1. The van der Waals surface area contributed by atoms with Crippen LogP contribution in [0.4, 0.5) is 11.4 Å². The molecule has 0 radical (unpaired) electrons. The molecule has 2 heterocycles. The van der Waals surface area contributed by atoms with Gasteiger partial charge in [0.1, 0.15) is 6.54 Å². The first kappa shape index (κ1) is 20.4. The second-order valence-corrected chi connectivity index (χ2v) is 8.67. The molecule has 11 nitrogen and oxygen atoms in total. The Bertz CT molecular complexity index is 1130. The number of hydrogen-bond acceptors (Lipinski definition) is 9. The zero-order chi connectivity index (χ0) is 21.0. The number of nitrogens with zero attached hydrogens (tertiary/aromatic N) is 4. The van der Waals surface area contributed by atoms with Gasteiger partial charge in [-0.15, -0.1) is 11.3 Å². The second kappa shape index (κ2) is 8.36. The van der Waals surface area contributed by atoms with E-state index < -0.39 is 27.4 Å². The Morgan fingerprint density at radius 2 is 2.14 bits per heavy atom. The Morgan fingerprint density at radius 1 is 1.34 bits per heavy atom. The van der Waals surface area contributed by atoms with E-state index >= 15 is 0 Å². The number of thiophene rings is 1. The zero-order valence-corrected chi connectivity index (χ0v) is 16.6. The third kappa shape index (κ3) is 5.14. The fourth-order valence-corrected chi connectivity index (χ4v) is 3.85. The summed E-state index contributed by atoms with van der Waals surface area (Å²) in [5.41, 5.74) is -0.279. The van der Waals surface area contributed by atoms with E-state index in [-0.39, 0.29) is 23.8 Å². The average molecular weight is 437 g/mol. The molecule has 1 aromatic carbocycles. The number of benzene rings is 1. The number of non-ortho nitro benzene ring substituents is 1. The fourth-order valence-electron chi connectivity index (χ4n) is 2.35. The van der Waals surface area contributed by atoms with Crippen molar-refractivity contribution in [3.8, 4) is 10.7 Å². The van der Waals surface area contributed by atoms with Crippen LogP contribution in [0.2, 0.25) is 0 Å². The normalized spacial score (nSPS) is 11.2. The molecule has 0 aliphatic carbocycles. The molecule has 0 saturated heterocycles. The quantitative estimate of drug-likeness (QED) is 0.414. The summed E-state index contributed by atoms with van der Waals surface area (Å²) >= 11 is 1.43. The van der Waals surface area contributed by atoms with E-state index in [4.69, 9.17) is 4.52 Å². The van der Waals surface area contributed by atoms with Gasteiger partial charge in [0.15, 0.2) is 0 Å². The maximum absolute atomic E-state index is 12.3. The number of hydrogen-bond donors (Lipinski definition) is 1. The van der Waals surface area contributed by atoms with Crippen molar-refractivity contribution >= 4 is 38.6 Å². The monoisotopic (exact) mass is 437 g/mol. The number of carbonyl (C=O) groups is 1. The van der Waals surface area contributed by atoms with Gasteiger partial charge in [-0.05, 0) is 17.5 Å². The zero-order valence-electron chi connectivity index (χ0n) is 15.0. The molecule has 0 spiro atoms. The molecule has 29 heavy (non-hydrogen) atoms. The molecule has 3 rings (SSSR count). The van der Waals surface area contributed by atoms with Gasteiger partial charge in [0.2, 0.25) is 27.6 Å². The van der Waals surface area contributed by atoms with Crippen LogP contribution in [0.15, 0.2) is 46.3 Å². The molecule has 0 saturated carbocycles. The third-order valence-electron chi connectivity index (χ3n) is 3.66. The van der Waals surface area contributed by atoms with E-state index in [2.05, 4.69) is 15.5 Å². The molecule has 3 aromatic rings. The summed E-state index contributed by atoms with van der Waals surface area (Å²) in [6.07, 6.45) is 0.907. The molecule has 0 bridgehead atoms. The van der Waals surface area contributed by atoms with Gasteiger partial charge in [-0.2, -0.15) is 4.98 Å². The number of carbonyl (C=O) groups excluding carboxylic acids is 1. The van der Waals surface area contributed by atoms with Crippen molar-refractivity contribution in [2.24, 2.45) is 0 Å². The van der Waals surface area contributed by atoms with Crippen molar-refractivity contribution in [3.05, 3.63) is 57.8 Å². The smallest absolute Gasteiger partial charge is 0.271 e. The lowest BCUT2D eigenvalue weighted by Crippen LogP contribution is -2.40. The third-order valence-corrected chi connectivity index (χ3v) is 5.67. The van der Waals surface area contributed by atoms with Crippen LogP contribution in [0, 0.1) is 10.1 Å². The van der Waals surface area contributed by atoms with Crippen LogP contribution in [0.3, 0.4) is 0 Å². The number of anilines is 1. The molecule has 0 atom stereocenters. The van der Waals surface area contributed by atoms with Crippen molar-refractivity contribution in [3.63, 3.8) is 0 Å². The molecule has 13 heteroatoms. The highest BCUT2D eigenvalue weighted by Gasteiger charge is 2.23. The lowest BCUT2D eigenvalue weighted by Gasteiger charge is -2.21. The summed E-state index contributed by atoms with van der Waals surface area (Å²) in [6.45, 7) is -0.657. The van der Waals surface area contributed by atoms with Crippen LogP contribution >= 0.6 is 11.3 Å². The second-order valence-electron chi connectivity index (χ2n) is 5.81. The Morgan fingerprint density at radius 3 is 2.79 bits per heavy atom. The summed E-state index contributed by atoms with van der Waals surface area (Å²) in [7, 11) is -3.86. The predicted octanol–water partition coefficient (Wildman–Crippen LogP) is 1.79. The van der Waals surface area contributed by atoms with Gasteiger partial charge in [-0.1, -0.05) is 17.3 Å². The Kier molecular flexibility index (Phi) is 5.89. The van der Waals surface area contributed by atoms with Gasteiger partial charge in [0, 0.05) is 12.1 Å². The lowest BCUT2D eigenvalue weighted by molar-refractivity contribution is -0.384. The SMILES string of the molecule is CS(=O)(=O)N(CC(=O)NCc1nc(-c2cccs2)no1)c1cccc([N+](=O)[O-])c1. The van der Waals surface area contributed by atoms with Crippen LogP contribution in [0.5, 0.6) is 0 Å². The van der Waals surface area contributed by atoms with Gasteiger partial charge in [-0.25, -0.2) is 8.42 Å². The van der Waals surface area contributed by atoms with E-state index in [9.17, 15) is 23.3 Å². The van der Waals surface area contributed by atoms with Gasteiger partial charge in [-0.3, -0.25) is 19.2 Å². The molecule has 0 aliphatic rings. The standard InChI is InChI=1S/C16H15N5O6S2/c1-29(25,26)20(11-4-2-5-12(8-11)21(23)24)10-14(22)17-9-15-18-16(19-27-15)13-6-3-7-28-13/h2-8H,9-10H2,1H3,(H,17,22). The van der Waals surface area contributed by atoms with Crippen LogP contribution < -0.4 is 9.62 Å². The van der Waals surface area contributed by atoms with Crippen molar-refractivity contribution in [2.45, 2.75) is 6.54 Å². The molecular formula is C16H15N5O6S2. The number of rotatable bonds is 8. The highest BCUT2D eigenvalue weighted by atomic mass is 32.2. The van der Waals surface area contributed by atoms with Gasteiger partial charge < -0.3 is 9.84 Å². The number of amides is 1. The van der Waals surface area contributed by atoms with E-state index in [1.165, 1.54) is 29.5 Å². The minimum absolute atomic E-state index is 0.00891. The van der Waals surface area contributed by atoms with Crippen molar-refractivity contribution in [1.29, 1.82) is 0 Å². The summed E-state index contributed by atoms with van der Waals surface area (Å²) < 4.78 is 30.0. The average Bonchev–Trinajstić information content (AvgIpc) is 3.35. The minimum Gasteiger partial charge on any atom is -0.345 e. The maximum atomic E-state index is 12.3. The Hall–Kier alpha value is -3.32. The van der Waals surface area contributed by atoms with Gasteiger partial charge in [0.25, 0.3) is 5.69 Å². The van der Waals surface area contributed by atoms with E-state index in [0.29, 0.717) is 5.82 Å². The van der Waals surface area contributed by atoms with Crippen LogP contribution in [-0.4, -0.2) is 42.2 Å². The van der Waals surface area contributed by atoms with Crippen molar-refractivity contribution in [1.82, 2.24) is 15.5 Å². The molecule has 2 aromatic heterocycles. The first-order valence-electron chi connectivity index (χ1n) is 8.09. The number of nitro benzene ring substituents is 1. The number of nitrogens with one attached hydrogen (secondary N) is 1. The highest BCUT2D eigenvalue weighted by molar-refractivity contribution is 7.92.